The quantitative estimate of drug-likeness (QED) is 0.605. The molecule has 2 heterocycles. The van der Waals surface area contributed by atoms with Gasteiger partial charge in [0.05, 0.1) is 21.9 Å². The highest BCUT2D eigenvalue weighted by Crippen LogP contribution is 2.29. The lowest BCUT2D eigenvalue weighted by molar-refractivity contribution is -0.114. The monoisotopic (exact) mass is 454 g/mol. The van der Waals surface area contributed by atoms with Gasteiger partial charge in [0.15, 0.2) is 0 Å². The van der Waals surface area contributed by atoms with Gasteiger partial charge in [-0.3, -0.25) is 4.79 Å². The average Bonchev–Trinajstić information content (AvgIpc) is 3.29. The third kappa shape index (κ3) is 4.05. The number of anilines is 1. The number of aryl methyl sites for hydroxylation is 1. The second-order valence-electron chi connectivity index (χ2n) is 7.14. The number of primary sulfonamides is 1. The summed E-state index contributed by atoms with van der Waals surface area (Å²) >= 11 is 6.21. The number of sulfonamides is 1. The number of amides is 1. The largest absolute Gasteiger partial charge is 0.317 e. The van der Waals surface area contributed by atoms with Crippen LogP contribution in [-0.4, -0.2) is 24.6 Å². The average molecular weight is 455 g/mol. The lowest BCUT2D eigenvalue weighted by Crippen LogP contribution is -2.21. The Morgan fingerprint density at radius 1 is 1.03 bits per heavy atom. The van der Waals surface area contributed by atoms with Crippen molar-refractivity contribution in [1.29, 1.82) is 0 Å². The number of carbonyl (C=O) groups is 1. The van der Waals surface area contributed by atoms with E-state index in [1.807, 2.05) is 35.9 Å². The number of hydrazone groups is 1. The van der Waals surface area contributed by atoms with Crippen LogP contribution in [0.5, 0.6) is 0 Å². The molecule has 2 aromatic carbocycles. The van der Waals surface area contributed by atoms with E-state index in [0.717, 1.165) is 16.9 Å². The Kier molecular flexibility index (Phi) is 5.30. The fourth-order valence-corrected chi connectivity index (χ4v) is 3.95. The highest BCUT2D eigenvalue weighted by molar-refractivity contribution is 7.89. The minimum Gasteiger partial charge on any atom is -0.317 e. The van der Waals surface area contributed by atoms with Crippen LogP contribution in [0.1, 0.15) is 18.2 Å². The standard InChI is InChI=1S/C22H19ClN4O3S/c1-14-5-6-18(13-21(14)23)27-22(28)20(15(2)25-27)12-17-4-3-11-26(17)16-7-9-19(10-8-16)31(24,29)30/h3-13H,1-2H3,(H2,24,29,30)/b20-12+. The first-order chi connectivity index (χ1) is 14.6. The van der Waals surface area contributed by atoms with Crippen LogP contribution in [0.4, 0.5) is 5.69 Å². The van der Waals surface area contributed by atoms with Crippen molar-refractivity contribution in [2.24, 2.45) is 10.2 Å². The van der Waals surface area contributed by atoms with E-state index in [1.165, 1.54) is 17.1 Å². The lowest BCUT2D eigenvalue weighted by Gasteiger charge is -2.13. The number of rotatable bonds is 4. The fraction of sp³-hybridized carbons (Fsp3) is 0.0909. The summed E-state index contributed by atoms with van der Waals surface area (Å²) < 4.78 is 24.8. The van der Waals surface area contributed by atoms with Gasteiger partial charge < -0.3 is 4.57 Å². The van der Waals surface area contributed by atoms with Gasteiger partial charge in [-0.1, -0.05) is 17.7 Å². The van der Waals surface area contributed by atoms with Gasteiger partial charge in [0, 0.05) is 22.6 Å². The molecule has 1 amide bonds. The third-order valence-electron chi connectivity index (χ3n) is 4.98. The predicted octanol–water partition coefficient (Wildman–Crippen LogP) is 3.89. The molecule has 1 aromatic heterocycles. The number of nitrogens with two attached hydrogens (primary N) is 1. The first-order valence-electron chi connectivity index (χ1n) is 9.33. The topological polar surface area (TPSA) is 97.8 Å². The number of hydrogen-bond acceptors (Lipinski definition) is 4. The molecule has 0 bridgehead atoms. The highest BCUT2D eigenvalue weighted by Gasteiger charge is 2.29. The van der Waals surface area contributed by atoms with Crippen LogP contribution in [0.2, 0.25) is 5.02 Å². The van der Waals surface area contributed by atoms with Gasteiger partial charge in [0.2, 0.25) is 10.0 Å². The Bertz CT molecular complexity index is 1360. The molecule has 0 saturated heterocycles. The second kappa shape index (κ2) is 7.81. The first kappa shape index (κ1) is 21.0. The van der Waals surface area contributed by atoms with Crippen LogP contribution in [0.15, 0.2) is 76.4 Å². The fourth-order valence-electron chi connectivity index (χ4n) is 3.26. The minimum absolute atomic E-state index is 0.0321. The molecule has 9 heteroatoms. The van der Waals surface area contributed by atoms with E-state index in [0.29, 0.717) is 22.0 Å². The number of hydrogen-bond donors (Lipinski definition) is 1. The summed E-state index contributed by atoms with van der Waals surface area (Å²) in [6, 6.07) is 15.2. The summed E-state index contributed by atoms with van der Waals surface area (Å²) in [5.74, 6) is -0.255. The molecular formula is C22H19ClN4O3S. The van der Waals surface area contributed by atoms with Gasteiger partial charge in [-0.05, 0) is 74.0 Å². The van der Waals surface area contributed by atoms with Crippen molar-refractivity contribution in [3.05, 3.63) is 82.6 Å². The van der Waals surface area contributed by atoms with Gasteiger partial charge in [-0.25, -0.2) is 13.6 Å². The highest BCUT2D eigenvalue weighted by atomic mass is 35.5. The SMILES string of the molecule is CC1=NN(c2ccc(C)c(Cl)c2)C(=O)/C1=C/c1cccn1-c1ccc(S(N)(=O)=O)cc1. The van der Waals surface area contributed by atoms with Crippen LogP contribution in [0.3, 0.4) is 0 Å². The molecule has 1 aliphatic heterocycles. The molecule has 0 fully saturated rings. The molecule has 0 spiro atoms. The van der Waals surface area contributed by atoms with Crippen molar-refractivity contribution in [3.8, 4) is 5.69 Å². The summed E-state index contributed by atoms with van der Waals surface area (Å²) in [6.07, 6.45) is 3.58. The molecule has 0 atom stereocenters. The van der Waals surface area contributed by atoms with Crippen LogP contribution < -0.4 is 10.1 Å². The molecule has 0 aliphatic carbocycles. The van der Waals surface area contributed by atoms with E-state index >= 15 is 0 Å². The van der Waals surface area contributed by atoms with Gasteiger partial charge in [-0.2, -0.15) is 10.1 Å². The van der Waals surface area contributed by atoms with E-state index < -0.39 is 10.0 Å². The molecule has 0 radical (unpaired) electrons. The van der Waals surface area contributed by atoms with Crippen molar-refractivity contribution in [3.63, 3.8) is 0 Å². The van der Waals surface area contributed by atoms with Crippen molar-refractivity contribution in [1.82, 2.24) is 4.57 Å². The molecule has 1 aliphatic rings. The van der Waals surface area contributed by atoms with E-state index in [2.05, 4.69) is 5.10 Å². The predicted molar refractivity (Wildman–Crippen MR) is 122 cm³/mol. The maximum atomic E-state index is 13.1. The van der Waals surface area contributed by atoms with E-state index in [4.69, 9.17) is 16.7 Å². The normalized spacial score (nSPS) is 15.6. The first-order valence-corrected chi connectivity index (χ1v) is 11.3. The summed E-state index contributed by atoms with van der Waals surface area (Å²) in [7, 11) is -3.77. The van der Waals surface area contributed by atoms with E-state index in [-0.39, 0.29) is 10.8 Å². The van der Waals surface area contributed by atoms with Gasteiger partial charge in [-0.15, -0.1) is 0 Å². The molecule has 3 aromatic rings. The molecule has 4 rings (SSSR count). The number of halogens is 1. The van der Waals surface area contributed by atoms with Gasteiger partial charge in [0.1, 0.15) is 0 Å². The lowest BCUT2D eigenvalue weighted by atomic mass is 10.1. The Morgan fingerprint density at radius 2 is 1.71 bits per heavy atom. The summed E-state index contributed by atoms with van der Waals surface area (Å²) in [6.45, 7) is 3.66. The summed E-state index contributed by atoms with van der Waals surface area (Å²) in [5, 5.41) is 11.5. The van der Waals surface area contributed by atoms with Crippen LogP contribution in [0.25, 0.3) is 11.8 Å². The van der Waals surface area contributed by atoms with Crippen molar-refractivity contribution < 1.29 is 13.2 Å². The van der Waals surface area contributed by atoms with Crippen LogP contribution in [-0.2, 0) is 14.8 Å². The van der Waals surface area contributed by atoms with Gasteiger partial charge in [0.25, 0.3) is 5.91 Å². The smallest absolute Gasteiger partial charge is 0.280 e. The van der Waals surface area contributed by atoms with Crippen molar-refractivity contribution >= 4 is 45.0 Å². The minimum atomic E-state index is -3.77. The zero-order valence-corrected chi connectivity index (χ0v) is 18.4. The summed E-state index contributed by atoms with van der Waals surface area (Å²) in [5.41, 5.74) is 4.02. The zero-order chi connectivity index (χ0) is 22.3. The molecule has 158 valence electrons. The van der Waals surface area contributed by atoms with Crippen molar-refractivity contribution in [2.75, 3.05) is 5.01 Å². The van der Waals surface area contributed by atoms with Gasteiger partial charge >= 0.3 is 0 Å². The molecule has 31 heavy (non-hydrogen) atoms. The van der Waals surface area contributed by atoms with E-state index in [9.17, 15) is 13.2 Å². The molecule has 0 saturated carbocycles. The van der Waals surface area contributed by atoms with Crippen LogP contribution in [0, 0.1) is 6.92 Å². The number of benzene rings is 2. The third-order valence-corrected chi connectivity index (χ3v) is 6.31. The molecule has 0 unspecified atom stereocenters. The van der Waals surface area contributed by atoms with E-state index in [1.54, 1.807) is 37.3 Å². The molecule has 7 nitrogen and oxygen atoms in total. The summed E-state index contributed by atoms with van der Waals surface area (Å²) in [4.78, 5) is 13.1. The zero-order valence-electron chi connectivity index (χ0n) is 16.8. The maximum absolute atomic E-state index is 13.1. The Balaban J connectivity index is 1.67. The number of carbonyl (C=O) groups excluding carboxylic acids is 1. The van der Waals surface area contributed by atoms with Crippen LogP contribution >= 0.6 is 11.6 Å². The second-order valence-corrected chi connectivity index (χ2v) is 9.10. The maximum Gasteiger partial charge on any atom is 0.280 e. The Morgan fingerprint density at radius 3 is 2.35 bits per heavy atom. The number of aromatic nitrogens is 1. The Hall–Kier alpha value is -3.20. The molecule has 2 N–H and O–H groups in total. The van der Waals surface area contributed by atoms with Crippen molar-refractivity contribution in [2.45, 2.75) is 18.7 Å². The molecular weight excluding hydrogens is 436 g/mol. The Labute approximate surface area is 185 Å². The number of nitrogens with zero attached hydrogens (tertiary/aromatic N) is 3.